The Kier molecular flexibility index (Phi) is 5.07. The number of benzene rings is 2. The monoisotopic (exact) mass is 394 g/mol. The van der Waals surface area contributed by atoms with Crippen molar-refractivity contribution in [2.45, 2.75) is 26.3 Å². The maximum absolute atomic E-state index is 12.8. The van der Waals surface area contributed by atoms with Crippen LogP contribution in [0, 0.1) is 16.0 Å². The number of allylic oxidation sites excluding steroid dienone is 1. The van der Waals surface area contributed by atoms with Crippen molar-refractivity contribution in [2.75, 3.05) is 13.1 Å². The number of Topliss-reactive ketones (excluding diaryl/α,β-unsaturated/α-hetero) is 1. The number of rotatable bonds is 4. The second-order valence-corrected chi connectivity index (χ2v) is 7.71. The molecule has 2 heterocycles. The number of carbonyl (C=O) groups excluding carboxylic acids is 1. The van der Waals surface area contributed by atoms with Crippen molar-refractivity contribution in [3.05, 3.63) is 69.0 Å². The first-order chi connectivity index (χ1) is 13.9. The highest BCUT2D eigenvalue weighted by molar-refractivity contribution is 6.15. The van der Waals surface area contributed by atoms with Gasteiger partial charge in [-0.2, -0.15) is 0 Å². The molecule has 2 aliphatic rings. The van der Waals surface area contributed by atoms with Crippen molar-refractivity contribution < 1.29 is 19.6 Å². The number of nitro groups is 1. The van der Waals surface area contributed by atoms with Crippen LogP contribution in [0.15, 0.2) is 42.2 Å². The van der Waals surface area contributed by atoms with Gasteiger partial charge in [0, 0.05) is 25.2 Å². The molecule has 0 radical (unpaired) electrons. The summed E-state index contributed by atoms with van der Waals surface area (Å²) in [4.78, 5) is 25.4. The molecule has 2 aromatic carbocycles. The molecule has 4 rings (SSSR count). The number of fused-ring (bicyclic) bond motifs is 1. The predicted molar refractivity (Wildman–Crippen MR) is 108 cm³/mol. The first-order valence-corrected chi connectivity index (χ1v) is 9.68. The van der Waals surface area contributed by atoms with Crippen molar-refractivity contribution in [1.29, 1.82) is 0 Å². The molecule has 0 aromatic heterocycles. The molecule has 0 unspecified atom stereocenters. The molecule has 0 saturated carbocycles. The zero-order valence-corrected chi connectivity index (χ0v) is 16.1. The Labute approximate surface area is 168 Å². The van der Waals surface area contributed by atoms with Gasteiger partial charge in [0.15, 0.2) is 5.76 Å². The van der Waals surface area contributed by atoms with Gasteiger partial charge in [-0.15, -0.1) is 0 Å². The summed E-state index contributed by atoms with van der Waals surface area (Å²) < 4.78 is 5.87. The topological polar surface area (TPSA) is 92.9 Å². The quantitative estimate of drug-likeness (QED) is 0.476. The fourth-order valence-corrected chi connectivity index (χ4v) is 3.95. The van der Waals surface area contributed by atoms with Crippen LogP contribution in [0.3, 0.4) is 0 Å². The number of hydrogen-bond acceptors (Lipinski definition) is 6. The van der Waals surface area contributed by atoms with Gasteiger partial charge in [0.1, 0.15) is 11.5 Å². The van der Waals surface area contributed by atoms with Gasteiger partial charge in [0.2, 0.25) is 5.78 Å². The number of piperidine rings is 1. The Morgan fingerprint density at radius 2 is 2.03 bits per heavy atom. The van der Waals surface area contributed by atoms with Crippen LogP contribution in [0.5, 0.6) is 11.5 Å². The van der Waals surface area contributed by atoms with Crippen LogP contribution in [0.1, 0.15) is 41.3 Å². The van der Waals surface area contributed by atoms with E-state index in [1.165, 1.54) is 24.6 Å². The van der Waals surface area contributed by atoms with E-state index in [0.717, 1.165) is 19.5 Å². The Morgan fingerprint density at radius 3 is 2.72 bits per heavy atom. The van der Waals surface area contributed by atoms with Crippen LogP contribution in [-0.4, -0.2) is 33.8 Å². The number of nitro benzene ring substituents is 1. The van der Waals surface area contributed by atoms with Crippen molar-refractivity contribution in [1.82, 2.24) is 4.90 Å². The highest BCUT2D eigenvalue weighted by Gasteiger charge is 2.32. The second kappa shape index (κ2) is 7.67. The maximum Gasteiger partial charge on any atom is 0.269 e. The van der Waals surface area contributed by atoms with Crippen LogP contribution < -0.4 is 4.74 Å². The van der Waals surface area contributed by atoms with Crippen LogP contribution >= 0.6 is 0 Å². The number of hydrogen-bond donors (Lipinski definition) is 1. The van der Waals surface area contributed by atoms with E-state index < -0.39 is 4.92 Å². The number of phenols is 1. The summed E-state index contributed by atoms with van der Waals surface area (Å²) in [7, 11) is 0. The lowest BCUT2D eigenvalue weighted by atomic mass is 9.99. The molecule has 1 saturated heterocycles. The number of ketones is 1. The summed E-state index contributed by atoms with van der Waals surface area (Å²) >= 11 is 0. The van der Waals surface area contributed by atoms with E-state index in [0.29, 0.717) is 34.9 Å². The number of ether oxygens (including phenoxy) is 1. The number of non-ortho nitro benzene ring substituents is 1. The molecule has 7 nitrogen and oxygen atoms in total. The van der Waals surface area contributed by atoms with E-state index >= 15 is 0 Å². The lowest BCUT2D eigenvalue weighted by molar-refractivity contribution is -0.384. The maximum atomic E-state index is 12.8. The van der Waals surface area contributed by atoms with Crippen molar-refractivity contribution in [2.24, 2.45) is 5.92 Å². The van der Waals surface area contributed by atoms with Gasteiger partial charge in [-0.05, 0) is 61.2 Å². The molecular formula is C22H22N2O5. The Morgan fingerprint density at radius 1 is 1.28 bits per heavy atom. The van der Waals surface area contributed by atoms with E-state index in [9.17, 15) is 20.0 Å². The van der Waals surface area contributed by atoms with Crippen LogP contribution in [-0.2, 0) is 6.54 Å². The standard InChI is InChI=1S/C22H22N2O5/c1-14-3-2-10-23(12-14)13-18-19(25)9-8-17-21(26)20(29-22(17)18)11-15-4-6-16(7-5-15)24(27)28/h4-9,11,14,25H,2-3,10,12-13H2,1H3/b20-11-/t14-/m1/s1. The van der Waals surface area contributed by atoms with Crippen LogP contribution in [0.25, 0.3) is 6.08 Å². The summed E-state index contributed by atoms with van der Waals surface area (Å²) in [6.45, 7) is 4.64. The minimum Gasteiger partial charge on any atom is -0.507 e. The Hall–Kier alpha value is -3.19. The van der Waals surface area contributed by atoms with E-state index in [1.54, 1.807) is 24.3 Å². The zero-order chi connectivity index (χ0) is 20.5. The lowest BCUT2D eigenvalue weighted by Gasteiger charge is -2.31. The molecule has 0 spiro atoms. The minimum atomic E-state index is -0.472. The van der Waals surface area contributed by atoms with Crippen LogP contribution in [0.2, 0.25) is 0 Å². The fraction of sp³-hybridized carbons (Fsp3) is 0.318. The minimum absolute atomic E-state index is 0.0166. The molecule has 7 heteroatoms. The molecule has 1 atom stereocenters. The molecule has 2 aromatic rings. The second-order valence-electron chi connectivity index (χ2n) is 7.71. The highest BCUT2D eigenvalue weighted by Crippen LogP contribution is 2.40. The highest BCUT2D eigenvalue weighted by atomic mass is 16.6. The van der Waals surface area contributed by atoms with Crippen molar-refractivity contribution >= 4 is 17.5 Å². The van der Waals surface area contributed by atoms with Crippen molar-refractivity contribution in [3.8, 4) is 11.5 Å². The number of nitrogens with zero attached hydrogens (tertiary/aromatic N) is 2. The summed E-state index contributed by atoms with van der Waals surface area (Å²) in [6, 6.07) is 9.02. The molecule has 0 amide bonds. The third-order valence-electron chi connectivity index (χ3n) is 5.44. The molecule has 29 heavy (non-hydrogen) atoms. The zero-order valence-electron chi connectivity index (χ0n) is 16.1. The predicted octanol–water partition coefficient (Wildman–Crippen LogP) is 4.15. The van der Waals surface area contributed by atoms with Gasteiger partial charge in [-0.3, -0.25) is 19.8 Å². The van der Waals surface area contributed by atoms with Crippen LogP contribution in [0.4, 0.5) is 5.69 Å². The van der Waals surface area contributed by atoms with Gasteiger partial charge in [0.05, 0.1) is 16.1 Å². The van der Waals surface area contributed by atoms with Gasteiger partial charge in [-0.25, -0.2) is 0 Å². The van der Waals surface area contributed by atoms with Gasteiger partial charge in [-0.1, -0.05) is 6.92 Å². The largest absolute Gasteiger partial charge is 0.507 e. The van der Waals surface area contributed by atoms with Gasteiger partial charge >= 0.3 is 0 Å². The Balaban J connectivity index is 1.61. The average molecular weight is 394 g/mol. The number of aromatic hydroxyl groups is 1. The molecule has 0 bridgehead atoms. The smallest absolute Gasteiger partial charge is 0.269 e. The SMILES string of the molecule is C[C@@H]1CCCN(Cc2c(O)ccc3c2O/C(=C\c2ccc([N+](=O)[O-])cc2)C3=O)C1. The average Bonchev–Trinajstić information content (AvgIpc) is 3.00. The molecule has 1 fully saturated rings. The number of phenolic OH excluding ortho intramolecular Hbond substituents is 1. The molecule has 2 aliphatic heterocycles. The third-order valence-corrected chi connectivity index (χ3v) is 5.44. The van der Waals surface area contributed by atoms with Gasteiger partial charge < -0.3 is 9.84 Å². The number of carbonyl (C=O) groups is 1. The first kappa shape index (κ1) is 19.1. The molecule has 0 aliphatic carbocycles. The molecular weight excluding hydrogens is 372 g/mol. The van der Waals surface area contributed by atoms with Gasteiger partial charge in [0.25, 0.3) is 5.69 Å². The molecule has 1 N–H and O–H groups in total. The Bertz CT molecular complexity index is 997. The third kappa shape index (κ3) is 3.86. The first-order valence-electron chi connectivity index (χ1n) is 9.68. The lowest BCUT2D eigenvalue weighted by Crippen LogP contribution is -2.33. The normalized spacial score (nSPS) is 20.5. The summed E-state index contributed by atoms with van der Waals surface area (Å²) in [5, 5.41) is 21.2. The van der Waals surface area contributed by atoms with E-state index in [4.69, 9.17) is 4.74 Å². The summed E-state index contributed by atoms with van der Waals surface area (Å²) in [5.41, 5.74) is 1.66. The van der Waals surface area contributed by atoms with E-state index in [2.05, 4.69) is 11.8 Å². The van der Waals surface area contributed by atoms with Crippen molar-refractivity contribution in [3.63, 3.8) is 0 Å². The fourth-order valence-electron chi connectivity index (χ4n) is 3.95. The van der Waals surface area contributed by atoms with E-state index in [-0.39, 0.29) is 23.0 Å². The number of likely N-dealkylation sites (tertiary alicyclic amines) is 1. The summed E-state index contributed by atoms with van der Waals surface area (Å²) in [5.74, 6) is 1.01. The summed E-state index contributed by atoms with van der Waals surface area (Å²) in [6.07, 6.45) is 3.88. The van der Waals surface area contributed by atoms with E-state index in [1.807, 2.05) is 0 Å². The molecule has 150 valence electrons.